The van der Waals surface area contributed by atoms with Gasteiger partial charge in [-0.2, -0.15) is 0 Å². The number of ketones is 1. The van der Waals surface area contributed by atoms with E-state index in [-0.39, 0.29) is 93.1 Å². The van der Waals surface area contributed by atoms with Crippen molar-refractivity contribution >= 4 is 40.8 Å². The summed E-state index contributed by atoms with van der Waals surface area (Å²) in [6.45, 7) is 18.8. The summed E-state index contributed by atoms with van der Waals surface area (Å²) in [4.78, 5) is 76.4. The maximum absolute atomic E-state index is 17.1. The number of esters is 1. The standard InChI is InChI=1S/C52H80FN7O11/c1-14-39-52(11,66)35-20-19-33(59-68-27-34-26-67-47(55-34)37-17-16-18-40(56-37)57-46(64)36(54)23-28(3)4)21-22-50(9,25-29(5)42(31(35)7)58-41(61)15-2)45(32(8)44(63)51(10,53)49(65)70-39)71-48-43(62)38(60(12)13)24-30(6)69-48/h16-18,26,28-32,35-36,38-39,43,45,48,62,66H,14-15,19-25,27,54H2,1-13H3,(H,56,57,64)/b58-42?,59-33+/t29-,30-,31-,32+,35-,36?,38?,39-,43-,45-,48+,50-,51+,52+/m1/s1. The van der Waals surface area contributed by atoms with E-state index in [4.69, 9.17) is 34.2 Å². The van der Waals surface area contributed by atoms with Crippen molar-refractivity contribution in [2.75, 3.05) is 19.4 Å². The molecule has 396 valence electrons. The lowest BCUT2D eigenvalue weighted by molar-refractivity contribution is -0.287. The van der Waals surface area contributed by atoms with E-state index < -0.39 is 82.8 Å². The van der Waals surface area contributed by atoms with Gasteiger partial charge >= 0.3 is 5.97 Å². The number of ether oxygens (including phenoxy) is 3. The Morgan fingerprint density at radius 1 is 1.07 bits per heavy atom. The van der Waals surface area contributed by atoms with Gasteiger partial charge < -0.3 is 49.6 Å². The lowest BCUT2D eigenvalue weighted by Crippen LogP contribution is -2.59. The number of fused-ring (bicyclic) bond motifs is 5. The number of oxazole rings is 1. The van der Waals surface area contributed by atoms with Crippen molar-refractivity contribution in [3.05, 3.63) is 30.2 Å². The molecule has 5 rings (SSSR count). The molecule has 2 aromatic heterocycles. The van der Waals surface area contributed by atoms with Crippen molar-refractivity contribution in [2.45, 2.75) is 195 Å². The number of nitrogens with one attached hydrogen (secondary N) is 1. The Morgan fingerprint density at radius 2 is 1.77 bits per heavy atom. The molecule has 2 amide bonds. The van der Waals surface area contributed by atoms with Gasteiger partial charge in [0.15, 0.2) is 18.7 Å². The van der Waals surface area contributed by atoms with Crippen LogP contribution in [0.3, 0.4) is 0 Å². The Labute approximate surface area is 418 Å². The molecule has 0 aromatic carbocycles. The van der Waals surface area contributed by atoms with Crippen LogP contribution < -0.4 is 11.1 Å². The fourth-order valence-electron chi connectivity index (χ4n) is 10.9. The predicted octanol–water partition coefficient (Wildman–Crippen LogP) is 6.99. The highest BCUT2D eigenvalue weighted by molar-refractivity contribution is 6.08. The molecule has 14 atom stereocenters. The topological polar surface area (TPSA) is 251 Å². The highest BCUT2D eigenvalue weighted by Gasteiger charge is 2.56. The molecule has 2 aliphatic heterocycles. The van der Waals surface area contributed by atoms with Crippen molar-refractivity contribution < 1.29 is 57.2 Å². The Kier molecular flexibility index (Phi) is 19.4. The third-order valence-corrected chi connectivity index (χ3v) is 14.9. The lowest BCUT2D eigenvalue weighted by Gasteiger charge is -2.48. The zero-order valence-electron chi connectivity index (χ0n) is 44.1. The molecule has 2 saturated heterocycles. The number of carbonyl (C=O) groups excluding carboxylic acids is 4. The van der Waals surface area contributed by atoms with Gasteiger partial charge in [-0.1, -0.05) is 66.6 Å². The minimum absolute atomic E-state index is 0.0638. The monoisotopic (exact) mass is 998 g/mol. The van der Waals surface area contributed by atoms with Crippen LogP contribution >= 0.6 is 0 Å². The second kappa shape index (κ2) is 24.0. The number of carbonyl (C=O) groups is 4. The minimum Gasteiger partial charge on any atom is -0.457 e. The van der Waals surface area contributed by atoms with Crippen LogP contribution in [0, 0.1) is 35.0 Å². The lowest BCUT2D eigenvalue weighted by atomic mass is 9.65. The van der Waals surface area contributed by atoms with Gasteiger partial charge in [0.05, 0.1) is 24.0 Å². The number of rotatable bonds is 13. The summed E-state index contributed by atoms with van der Waals surface area (Å²) >= 11 is 0. The van der Waals surface area contributed by atoms with E-state index in [2.05, 4.69) is 20.4 Å². The third kappa shape index (κ3) is 13.8. The molecule has 2 unspecified atom stereocenters. The summed E-state index contributed by atoms with van der Waals surface area (Å²) < 4.78 is 41.9. The van der Waals surface area contributed by atoms with Crippen molar-refractivity contribution in [1.82, 2.24) is 14.9 Å². The number of oxime groups is 1. The molecule has 0 spiro atoms. The molecular weight excluding hydrogens is 918 g/mol. The maximum Gasteiger partial charge on any atom is 0.351 e. The summed E-state index contributed by atoms with van der Waals surface area (Å²) in [6, 6.07) is 3.96. The molecule has 5 N–H and O–H groups in total. The number of cyclic esters (lactones) is 1. The van der Waals surface area contributed by atoms with Crippen LogP contribution in [0.15, 0.2) is 39.0 Å². The quantitative estimate of drug-likeness (QED) is 0.0897. The first-order chi connectivity index (χ1) is 33.2. The molecule has 19 heteroatoms. The van der Waals surface area contributed by atoms with E-state index >= 15 is 4.39 Å². The van der Waals surface area contributed by atoms with Crippen molar-refractivity contribution in [3.63, 3.8) is 0 Å². The number of nitrogens with two attached hydrogens (primary N) is 1. The number of likely N-dealkylation sites (N-methyl/N-ethyl adjacent to an activating group) is 1. The van der Waals surface area contributed by atoms with Gasteiger partial charge in [0.2, 0.25) is 17.7 Å². The number of aliphatic imine (C=N–C) groups is 1. The van der Waals surface area contributed by atoms with Gasteiger partial charge in [-0.25, -0.2) is 24.1 Å². The van der Waals surface area contributed by atoms with Crippen molar-refractivity contribution in [1.29, 1.82) is 0 Å². The van der Waals surface area contributed by atoms with E-state index in [1.165, 1.54) is 20.1 Å². The van der Waals surface area contributed by atoms with Crippen LogP contribution in [-0.4, -0.2) is 128 Å². The molecule has 4 heterocycles. The Balaban J connectivity index is 1.59. The largest absolute Gasteiger partial charge is 0.457 e. The normalized spacial score (nSPS) is 35.1. The van der Waals surface area contributed by atoms with E-state index in [1.54, 1.807) is 32.0 Å². The number of aliphatic hydroxyl groups excluding tert-OH is 1. The molecule has 3 aliphatic rings. The number of alkyl halides is 1. The van der Waals surface area contributed by atoms with Crippen LogP contribution in [0.4, 0.5) is 10.2 Å². The van der Waals surface area contributed by atoms with Crippen LogP contribution in [0.5, 0.6) is 0 Å². The van der Waals surface area contributed by atoms with Gasteiger partial charge in [-0.15, -0.1) is 0 Å². The molecular formula is C52H80FN7O11. The van der Waals surface area contributed by atoms with Gasteiger partial charge in [-0.05, 0) is 122 Å². The van der Waals surface area contributed by atoms with Crippen LogP contribution in [-0.2, 0) is 44.8 Å². The SMILES string of the molecule is CCC(=O)N=C1[C@H](C)C[C@@]2(C)CC/C(=N/OCc3coc(-c4cccc(NC(=O)C(N)CC(C)C)n4)n3)CC[C@H]([C@H]1C)[C@](C)(O)[C@@H](CC)OC(=O)[C@@](C)(F)C(=O)[C@H](C)[C@H]2O[C@@H]1O[C@H](C)CC(N(C)C)[C@H]1O. The number of hydrogen-bond acceptors (Lipinski definition) is 16. The fourth-order valence-corrected chi connectivity index (χ4v) is 10.9. The number of Topliss-reactive ketones (excluding diaryl/α,β-unsaturated/α-hetero) is 1. The summed E-state index contributed by atoms with van der Waals surface area (Å²) in [5, 5.41) is 31.9. The molecule has 18 nitrogen and oxygen atoms in total. The molecule has 2 bridgehead atoms. The van der Waals surface area contributed by atoms with Gasteiger partial charge in [-0.3, -0.25) is 14.4 Å². The summed E-state index contributed by atoms with van der Waals surface area (Å²) in [6.07, 6.45) is -1.36. The van der Waals surface area contributed by atoms with E-state index in [1.807, 2.05) is 60.5 Å². The smallest absolute Gasteiger partial charge is 0.351 e. The summed E-state index contributed by atoms with van der Waals surface area (Å²) in [7, 11) is 3.68. The second-order valence-corrected chi connectivity index (χ2v) is 21.5. The number of amides is 2. The third-order valence-electron chi connectivity index (χ3n) is 14.9. The van der Waals surface area contributed by atoms with Gasteiger partial charge in [0.1, 0.15) is 41.3 Å². The predicted molar refractivity (Wildman–Crippen MR) is 266 cm³/mol. The first kappa shape index (κ1) is 57.4. The highest BCUT2D eigenvalue weighted by atomic mass is 19.1. The number of hydrogen-bond donors (Lipinski definition) is 4. The minimum atomic E-state index is -3.16. The van der Waals surface area contributed by atoms with E-state index in [9.17, 15) is 29.4 Å². The Morgan fingerprint density at radius 3 is 2.42 bits per heavy atom. The molecule has 71 heavy (non-hydrogen) atoms. The highest BCUT2D eigenvalue weighted by Crippen LogP contribution is 2.47. The van der Waals surface area contributed by atoms with Gasteiger partial charge in [0.25, 0.3) is 5.67 Å². The number of nitrogens with zero attached hydrogens (tertiary/aromatic N) is 5. The first-order valence-electron chi connectivity index (χ1n) is 25.3. The summed E-state index contributed by atoms with van der Waals surface area (Å²) in [5.41, 5.74) is 1.85. The van der Waals surface area contributed by atoms with Crippen molar-refractivity contribution in [3.8, 4) is 11.6 Å². The molecule has 0 radical (unpaired) electrons. The average Bonchev–Trinajstić information content (AvgIpc) is 3.78. The molecule has 1 aliphatic carbocycles. The second-order valence-electron chi connectivity index (χ2n) is 21.5. The van der Waals surface area contributed by atoms with Crippen molar-refractivity contribution in [2.24, 2.45) is 50.9 Å². The molecule has 3 fully saturated rings. The number of halogens is 1. The average molecular weight is 998 g/mol. The Hall–Kier alpha value is -4.53. The number of pyridine rings is 1. The molecule has 1 saturated carbocycles. The van der Waals surface area contributed by atoms with E-state index in [0.29, 0.717) is 35.7 Å². The van der Waals surface area contributed by atoms with E-state index in [0.717, 1.165) is 6.92 Å². The zero-order chi connectivity index (χ0) is 52.7. The number of aliphatic hydroxyl groups is 2. The number of anilines is 1. The van der Waals surface area contributed by atoms with Crippen LogP contribution in [0.1, 0.15) is 140 Å². The zero-order valence-corrected chi connectivity index (χ0v) is 44.1. The first-order valence-corrected chi connectivity index (χ1v) is 25.3. The maximum atomic E-state index is 17.1. The van der Waals surface area contributed by atoms with Gasteiger partial charge in [0, 0.05) is 30.0 Å². The fraction of sp³-hybridized carbons (Fsp3) is 0.731. The molecule has 2 aromatic rings. The summed E-state index contributed by atoms with van der Waals surface area (Å²) in [5.74, 6) is -5.69. The van der Waals surface area contributed by atoms with Crippen LogP contribution in [0.2, 0.25) is 0 Å². The van der Waals surface area contributed by atoms with Crippen LogP contribution in [0.25, 0.3) is 11.6 Å². The number of aromatic nitrogens is 2. The Bertz CT molecular complexity index is 2230.